The molecule has 0 bridgehead atoms. The van der Waals surface area contributed by atoms with Crippen LogP contribution in [0.25, 0.3) is 11.1 Å². The van der Waals surface area contributed by atoms with Crippen LogP contribution >= 0.6 is 0 Å². The second-order valence-electron chi connectivity index (χ2n) is 3.64. The number of hydrogen-bond donors (Lipinski definition) is 2. The van der Waals surface area contributed by atoms with Gasteiger partial charge in [0, 0.05) is 37.6 Å². The molecule has 0 aliphatic rings. The normalized spacial score (nSPS) is 10.2. The van der Waals surface area contributed by atoms with Gasteiger partial charge in [0.1, 0.15) is 5.82 Å². The van der Waals surface area contributed by atoms with E-state index in [1.165, 1.54) is 0 Å². The summed E-state index contributed by atoms with van der Waals surface area (Å²) in [6.45, 7) is 0. The van der Waals surface area contributed by atoms with Crippen LogP contribution in [0.4, 0.5) is 5.82 Å². The van der Waals surface area contributed by atoms with Crippen LogP contribution < -0.4 is 11.1 Å². The summed E-state index contributed by atoms with van der Waals surface area (Å²) < 4.78 is 1.69. The summed E-state index contributed by atoms with van der Waals surface area (Å²) in [5, 5.41) is 6.59. The number of nitrogens with one attached hydrogen (secondary N) is 1. The summed E-state index contributed by atoms with van der Waals surface area (Å²) in [6.07, 6.45) is 5.18. The zero-order valence-electron chi connectivity index (χ0n) is 9.64. The maximum Gasteiger partial charge on any atom is 0.254 e. The van der Waals surface area contributed by atoms with Crippen LogP contribution in [0.2, 0.25) is 0 Å². The molecule has 6 heteroatoms. The summed E-state index contributed by atoms with van der Waals surface area (Å²) >= 11 is 0. The highest BCUT2D eigenvalue weighted by Gasteiger charge is 2.11. The average Bonchev–Trinajstić information content (AvgIpc) is 2.75. The van der Waals surface area contributed by atoms with E-state index < -0.39 is 0 Å². The smallest absolute Gasteiger partial charge is 0.254 e. The molecule has 3 N–H and O–H groups in total. The van der Waals surface area contributed by atoms with Gasteiger partial charge in [0.25, 0.3) is 5.91 Å². The average molecular weight is 231 g/mol. The Kier molecular flexibility index (Phi) is 2.78. The lowest BCUT2D eigenvalue weighted by Crippen LogP contribution is -2.19. The van der Waals surface area contributed by atoms with Gasteiger partial charge in [-0.1, -0.05) is 0 Å². The van der Waals surface area contributed by atoms with Crippen molar-refractivity contribution in [2.75, 3.05) is 12.8 Å². The third kappa shape index (κ3) is 2.10. The van der Waals surface area contributed by atoms with Crippen molar-refractivity contribution in [3.8, 4) is 11.1 Å². The largest absolute Gasteiger partial charge is 0.383 e. The SMILES string of the molecule is CNC(=O)c1cc(-c2cnn(C)c2)cnc1N. The summed E-state index contributed by atoms with van der Waals surface area (Å²) in [5.74, 6) is -0.0299. The van der Waals surface area contributed by atoms with E-state index in [1.807, 2.05) is 13.2 Å². The molecule has 2 rings (SSSR count). The number of aryl methyl sites for hydroxylation is 1. The van der Waals surface area contributed by atoms with E-state index in [4.69, 9.17) is 5.73 Å². The predicted octanol–water partition coefficient (Wildman–Crippen LogP) is 0.424. The van der Waals surface area contributed by atoms with Crippen molar-refractivity contribution in [3.05, 3.63) is 30.2 Å². The van der Waals surface area contributed by atoms with Gasteiger partial charge in [0.2, 0.25) is 0 Å². The Morgan fingerprint density at radius 3 is 2.76 bits per heavy atom. The molecule has 0 aliphatic carbocycles. The second-order valence-corrected chi connectivity index (χ2v) is 3.64. The maximum atomic E-state index is 11.6. The molecule has 88 valence electrons. The lowest BCUT2D eigenvalue weighted by Gasteiger charge is -2.05. The molecule has 0 unspecified atom stereocenters. The van der Waals surface area contributed by atoms with Crippen LogP contribution in [0, 0.1) is 0 Å². The number of nitrogen functional groups attached to an aromatic ring is 1. The standard InChI is InChI=1S/C11H13N5O/c1-13-11(17)9-3-7(4-14-10(9)12)8-5-15-16(2)6-8/h3-6H,1-2H3,(H2,12,14)(H,13,17). The number of carbonyl (C=O) groups is 1. The lowest BCUT2D eigenvalue weighted by atomic mass is 10.1. The number of pyridine rings is 1. The van der Waals surface area contributed by atoms with Crippen LogP contribution in [0.1, 0.15) is 10.4 Å². The number of nitrogens with zero attached hydrogens (tertiary/aromatic N) is 3. The maximum absolute atomic E-state index is 11.6. The van der Waals surface area contributed by atoms with Gasteiger partial charge in [-0.15, -0.1) is 0 Å². The third-order valence-electron chi connectivity index (χ3n) is 2.43. The van der Waals surface area contributed by atoms with Crippen molar-refractivity contribution in [1.82, 2.24) is 20.1 Å². The van der Waals surface area contributed by atoms with Crippen LogP contribution in [0.15, 0.2) is 24.7 Å². The fraction of sp³-hybridized carbons (Fsp3) is 0.182. The molecule has 0 aromatic carbocycles. The van der Waals surface area contributed by atoms with E-state index in [1.54, 1.807) is 30.2 Å². The van der Waals surface area contributed by atoms with Crippen molar-refractivity contribution < 1.29 is 4.79 Å². The third-order valence-corrected chi connectivity index (χ3v) is 2.43. The van der Waals surface area contributed by atoms with E-state index in [9.17, 15) is 4.79 Å². The fourth-order valence-electron chi connectivity index (χ4n) is 1.52. The molecule has 0 fully saturated rings. The van der Waals surface area contributed by atoms with Crippen molar-refractivity contribution in [2.24, 2.45) is 7.05 Å². The first-order chi connectivity index (χ1) is 8.11. The number of hydrogen-bond acceptors (Lipinski definition) is 4. The quantitative estimate of drug-likeness (QED) is 0.784. The second kappa shape index (κ2) is 4.25. The Hall–Kier alpha value is -2.37. The van der Waals surface area contributed by atoms with E-state index in [0.717, 1.165) is 11.1 Å². The van der Waals surface area contributed by atoms with Gasteiger partial charge >= 0.3 is 0 Å². The van der Waals surface area contributed by atoms with Crippen LogP contribution in [0.5, 0.6) is 0 Å². The van der Waals surface area contributed by atoms with Gasteiger partial charge in [-0.05, 0) is 6.07 Å². The van der Waals surface area contributed by atoms with E-state index >= 15 is 0 Å². The first-order valence-electron chi connectivity index (χ1n) is 5.08. The van der Waals surface area contributed by atoms with Crippen molar-refractivity contribution in [3.63, 3.8) is 0 Å². The number of carbonyl (C=O) groups excluding carboxylic acids is 1. The molecule has 17 heavy (non-hydrogen) atoms. The minimum Gasteiger partial charge on any atom is -0.383 e. The highest BCUT2D eigenvalue weighted by atomic mass is 16.1. The Balaban J connectivity index is 2.47. The van der Waals surface area contributed by atoms with Crippen LogP contribution in [-0.4, -0.2) is 27.7 Å². The Morgan fingerprint density at radius 2 is 2.18 bits per heavy atom. The zero-order chi connectivity index (χ0) is 12.4. The number of nitrogens with two attached hydrogens (primary N) is 1. The summed E-state index contributed by atoms with van der Waals surface area (Å²) in [6, 6.07) is 1.71. The van der Waals surface area contributed by atoms with E-state index in [-0.39, 0.29) is 11.7 Å². The molecule has 2 aromatic rings. The van der Waals surface area contributed by atoms with Gasteiger partial charge < -0.3 is 11.1 Å². The Bertz CT molecular complexity index is 561. The van der Waals surface area contributed by atoms with Gasteiger partial charge in [-0.2, -0.15) is 5.10 Å². The van der Waals surface area contributed by atoms with Crippen molar-refractivity contribution >= 4 is 11.7 Å². The van der Waals surface area contributed by atoms with Crippen LogP contribution in [-0.2, 0) is 7.05 Å². The molecule has 6 nitrogen and oxygen atoms in total. The number of amides is 1. The molecular formula is C11H13N5O. The van der Waals surface area contributed by atoms with E-state index in [0.29, 0.717) is 5.56 Å². The Morgan fingerprint density at radius 1 is 1.41 bits per heavy atom. The van der Waals surface area contributed by atoms with Gasteiger partial charge in [0.05, 0.1) is 11.8 Å². The number of rotatable bonds is 2. The van der Waals surface area contributed by atoms with Crippen molar-refractivity contribution in [2.45, 2.75) is 0 Å². The minimum absolute atomic E-state index is 0.219. The summed E-state index contributed by atoms with van der Waals surface area (Å²) in [5.41, 5.74) is 7.73. The highest BCUT2D eigenvalue weighted by molar-refractivity contribution is 5.99. The molecule has 0 radical (unpaired) electrons. The molecule has 2 aromatic heterocycles. The molecule has 2 heterocycles. The molecule has 0 spiro atoms. The molecular weight excluding hydrogens is 218 g/mol. The van der Waals surface area contributed by atoms with Crippen molar-refractivity contribution in [1.29, 1.82) is 0 Å². The number of anilines is 1. The molecule has 0 saturated heterocycles. The molecule has 0 atom stereocenters. The number of aromatic nitrogens is 3. The molecule has 0 aliphatic heterocycles. The fourth-order valence-corrected chi connectivity index (χ4v) is 1.52. The summed E-state index contributed by atoms with van der Waals surface area (Å²) in [4.78, 5) is 15.6. The van der Waals surface area contributed by atoms with Gasteiger partial charge in [-0.3, -0.25) is 9.48 Å². The predicted molar refractivity (Wildman–Crippen MR) is 64.2 cm³/mol. The lowest BCUT2D eigenvalue weighted by molar-refractivity contribution is 0.0963. The van der Waals surface area contributed by atoms with Gasteiger partial charge in [0.15, 0.2) is 0 Å². The Labute approximate surface area is 98.5 Å². The minimum atomic E-state index is -0.249. The zero-order valence-corrected chi connectivity index (χ0v) is 9.64. The molecule has 0 saturated carbocycles. The van der Waals surface area contributed by atoms with E-state index in [2.05, 4.69) is 15.4 Å². The first kappa shape index (κ1) is 11.1. The highest BCUT2D eigenvalue weighted by Crippen LogP contribution is 2.21. The van der Waals surface area contributed by atoms with Gasteiger partial charge in [-0.25, -0.2) is 4.98 Å². The molecule has 1 amide bonds. The monoisotopic (exact) mass is 231 g/mol. The topological polar surface area (TPSA) is 85.8 Å². The van der Waals surface area contributed by atoms with Crippen LogP contribution in [0.3, 0.4) is 0 Å². The first-order valence-corrected chi connectivity index (χ1v) is 5.08. The summed E-state index contributed by atoms with van der Waals surface area (Å²) in [7, 11) is 3.38.